The molecule has 0 saturated heterocycles. The normalized spacial score (nSPS) is 13.2. The van der Waals surface area contributed by atoms with Crippen LogP contribution in [0.5, 0.6) is 0 Å². The highest BCUT2D eigenvalue weighted by Crippen LogP contribution is 2.41. The number of hydrogen-bond donors (Lipinski definition) is 1. The van der Waals surface area contributed by atoms with E-state index in [-0.39, 0.29) is 35.8 Å². The number of hydrogen-bond acceptors (Lipinski definition) is 6. The van der Waals surface area contributed by atoms with Gasteiger partial charge >= 0.3 is 36.6 Å². The summed E-state index contributed by atoms with van der Waals surface area (Å²) >= 11 is 0. The van der Waals surface area contributed by atoms with Gasteiger partial charge in [0, 0.05) is 12.7 Å². The molecule has 9 heteroatoms. The molecule has 0 radical (unpaired) electrons. The van der Waals surface area contributed by atoms with Gasteiger partial charge in [-0.05, 0) is 6.42 Å². The molecule has 0 aromatic heterocycles. The van der Waals surface area contributed by atoms with Crippen LogP contribution in [0.3, 0.4) is 0 Å². The summed E-state index contributed by atoms with van der Waals surface area (Å²) in [6.07, 6.45) is 1.47. The lowest BCUT2D eigenvalue weighted by atomic mass is 10.5. The van der Waals surface area contributed by atoms with Crippen molar-refractivity contribution in [3.05, 3.63) is 12.7 Å². The van der Waals surface area contributed by atoms with E-state index >= 15 is 0 Å². The maximum atomic E-state index is 11.3. The van der Waals surface area contributed by atoms with Crippen LogP contribution in [0.4, 0.5) is 0 Å². The maximum Gasteiger partial charge on any atom is 0.369 e. The second kappa shape index (κ2) is 13.0. The molecule has 1 unspecified atom stereocenters. The van der Waals surface area contributed by atoms with Crippen LogP contribution in [0.1, 0.15) is 13.3 Å². The Morgan fingerprint density at radius 2 is 1.84 bits per heavy atom. The third-order valence-corrected chi connectivity index (χ3v) is 2.70. The molecule has 0 aliphatic heterocycles. The lowest BCUT2D eigenvalue weighted by Gasteiger charge is -2.10. The largest absolute Gasteiger partial charge is 0.379 e. The molecule has 0 amide bonds. The molecule has 0 heterocycles. The van der Waals surface area contributed by atoms with Gasteiger partial charge in [0.1, 0.15) is 0 Å². The summed E-state index contributed by atoms with van der Waals surface area (Å²) in [6, 6.07) is 0. The van der Waals surface area contributed by atoms with Gasteiger partial charge in [0.15, 0.2) is 0 Å². The predicted octanol–water partition coefficient (Wildman–Crippen LogP) is 0.360. The Balaban J connectivity index is 0. The van der Waals surface area contributed by atoms with E-state index in [2.05, 4.69) is 16.1 Å². The van der Waals surface area contributed by atoms with E-state index in [9.17, 15) is 14.3 Å². The van der Waals surface area contributed by atoms with Crippen LogP contribution in [0.15, 0.2) is 12.7 Å². The second-order valence-electron chi connectivity index (χ2n) is 3.27. The van der Waals surface area contributed by atoms with Crippen molar-refractivity contribution in [1.82, 2.24) is 0 Å². The lowest BCUT2D eigenvalue weighted by molar-refractivity contribution is -0.211. The summed E-state index contributed by atoms with van der Waals surface area (Å²) in [6.45, 7) is 6.51. The molecule has 1 atom stereocenters. The molecule has 110 valence electrons. The minimum Gasteiger partial charge on any atom is -0.379 e. The van der Waals surface area contributed by atoms with Crippen molar-refractivity contribution in [2.24, 2.45) is 0 Å². The summed E-state index contributed by atoms with van der Waals surface area (Å²) in [7, 11) is -3.98. The van der Waals surface area contributed by atoms with E-state index in [0.29, 0.717) is 19.8 Å². The molecular formula is C10H21MgO7P. The predicted molar refractivity (Wildman–Crippen MR) is 72.5 cm³/mol. The first-order valence-corrected chi connectivity index (χ1v) is 7.28. The van der Waals surface area contributed by atoms with Gasteiger partial charge in [-0.3, -0.25) is 9.45 Å². The number of carbonyl (C=O) groups excluding carboxylic acids is 1. The Bertz CT molecular complexity index is 298. The lowest BCUT2D eigenvalue weighted by Crippen LogP contribution is -2.10. The van der Waals surface area contributed by atoms with E-state index in [1.54, 1.807) is 0 Å². The maximum absolute atomic E-state index is 11.3. The zero-order valence-corrected chi connectivity index (χ0v) is 11.3. The fourth-order valence-corrected chi connectivity index (χ4v) is 1.44. The first-order chi connectivity index (χ1) is 8.52. The Morgan fingerprint density at radius 3 is 2.37 bits per heavy atom. The highest BCUT2D eigenvalue weighted by Gasteiger charge is 2.22. The molecule has 0 bridgehead atoms. The number of rotatable bonds is 11. The molecule has 0 aromatic rings. The van der Waals surface area contributed by atoms with E-state index in [1.165, 1.54) is 0 Å². The highest BCUT2D eigenvalue weighted by molar-refractivity contribution is 7.52. The number of carbonyl (C=O) groups is 1. The summed E-state index contributed by atoms with van der Waals surface area (Å²) in [5.74, 6) is -0.932. The van der Waals surface area contributed by atoms with E-state index in [1.807, 2.05) is 6.92 Å². The topological polar surface area (TPSA) is 91.3 Å². The first kappa shape index (κ1) is 21.3. The Labute approximate surface area is 128 Å². The van der Waals surface area contributed by atoms with Gasteiger partial charge in [0.25, 0.3) is 0 Å². The molecule has 0 saturated carbocycles. The van der Waals surface area contributed by atoms with Crippen LogP contribution in [0.2, 0.25) is 0 Å². The highest BCUT2D eigenvalue weighted by atomic mass is 31.2. The van der Waals surface area contributed by atoms with E-state index in [0.717, 1.165) is 12.5 Å². The van der Waals surface area contributed by atoms with Crippen LogP contribution < -0.4 is 0 Å². The smallest absolute Gasteiger partial charge is 0.369 e. The van der Waals surface area contributed by atoms with Gasteiger partial charge in [-0.15, -0.1) is 0 Å². The number of ether oxygens (including phenoxy) is 2. The van der Waals surface area contributed by atoms with Crippen molar-refractivity contribution in [2.75, 3.05) is 32.6 Å². The second-order valence-corrected chi connectivity index (χ2v) is 5.14. The molecular weight excluding hydrogens is 287 g/mol. The third kappa shape index (κ3) is 14.3. The third-order valence-electron chi connectivity index (χ3n) is 1.64. The average molecular weight is 309 g/mol. The van der Waals surface area contributed by atoms with Crippen molar-refractivity contribution in [3.8, 4) is 0 Å². The minimum atomic E-state index is -3.98. The van der Waals surface area contributed by atoms with Gasteiger partial charge in [0.05, 0.1) is 26.0 Å². The monoisotopic (exact) mass is 308 g/mol. The van der Waals surface area contributed by atoms with Gasteiger partial charge in [-0.2, -0.15) is 0 Å². The summed E-state index contributed by atoms with van der Waals surface area (Å²) < 4.78 is 25.6. The van der Waals surface area contributed by atoms with Crippen molar-refractivity contribution in [2.45, 2.75) is 13.3 Å². The van der Waals surface area contributed by atoms with Crippen LogP contribution in [-0.2, 0) is 28.4 Å². The fraction of sp³-hybridized carbons (Fsp3) is 0.700. The van der Waals surface area contributed by atoms with Crippen LogP contribution in [-0.4, -0.2) is 66.5 Å². The van der Waals surface area contributed by atoms with Crippen LogP contribution in [0.25, 0.3) is 0 Å². The average Bonchev–Trinajstić information content (AvgIpc) is 2.35. The van der Waals surface area contributed by atoms with E-state index in [4.69, 9.17) is 9.47 Å². The molecule has 19 heavy (non-hydrogen) atoms. The quantitative estimate of drug-likeness (QED) is 0.147. The molecule has 0 aromatic carbocycles. The SMILES string of the molecule is C=CC(=O)OOP(=O)(O)CCOCCOCCC.[MgH2]. The molecule has 0 rings (SSSR count). The standard InChI is InChI=1S/C10H19O7P.Mg.2H/c1-3-5-14-6-7-15-8-9-18(12,13)17-16-10(11)4-2;;;/h4H,2-3,5-9H2,1H3,(H,12,13);;;. The summed E-state index contributed by atoms with van der Waals surface area (Å²) in [5, 5.41) is 0. The molecule has 0 aliphatic carbocycles. The zero-order chi connectivity index (χ0) is 13.9. The van der Waals surface area contributed by atoms with Gasteiger partial charge in [-0.1, -0.05) is 18.2 Å². The minimum absolute atomic E-state index is 0. The van der Waals surface area contributed by atoms with Crippen LogP contribution in [0, 0.1) is 0 Å². The van der Waals surface area contributed by atoms with Gasteiger partial charge in [0.2, 0.25) is 0 Å². The van der Waals surface area contributed by atoms with Crippen LogP contribution >= 0.6 is 7.60 Å². The molecule has 1 N–H and O–H groups in total. The summed E-state index contributed by atoms with van der Waals surface area (Å²) in [5.41, 5.74) is 0. The Kier molecular flexibility index (Phi) is 14.7. The zero-order valence-electron chi connectivity index (χ0n) is 10.4. The molecule has 7 nitrogen and oxygen atoms in total. The molecule has 0 fully saturated rings. The van der Waals surface area contributed by atoms with Gasteiger partial charge in [-0.25, -0.2) is 4.79 Å². The van der Waals surface area contributed by atoms with E-state index < -0.39 is 13.6 Å². The molecule has 0 spiro atoms. The Morgan fingerprint density at radius 1 is 1.26 bits per heavy atom. The van der Waals surface area contributed by atoms with Crippen molar-refractivity contribution in [1.29, 1.82) is 0 Å². The first-order valence-electron chi connectivity index (χ1n) is 5.52. The van der Waals surface area contributed by atoms with Crippen molar-refractivity contribution < 1.29 is 33.3 Å². The molecule has 0 aliphatic rings. The fourth-order valence-electron chi connectivity index (χ4n) is 0.812. The van der Waals surface area contributed by atoms with Crippen molar-refractivity contribution >= 4 is 36.6 Å². The van der Waals surface area contributed by atoms with Gasteiger partial charge < -0.3 is 14.4 Å². The summed E-state index contributed by atoms with van der Waals surface area (Å²) in [4.78, 5) is 23.8. The Hall–Kier alpha value is 0.0462. The van der Waals surface area contributed by atoms with Crippen molar-refractivity contribution in [3.63, 3.8) is 0 Å².